The number of hydrogen-bond donors (Lipinski definition) is 0. The Bertz CT molecular complexity index is 766. The van der Waals surface area contributed by atoms with E-state index in [0.29, 0.717) is 19.3 Å². The lowest BCUT2D eigenvalue weighted by Crippen LogP contribution is -2.30. The molecule has 0 aliphatic rings. The summed E-state index contributed by atoms with van der Waals surface area (Å²) in [6, 6.07) is 0. The average Bonchev–Trinajstić information content (AvgIpc) is 3.11. The van der Waals surface area contributed by atoms with E-state index in [2.05, 4.69) is 27.7 Å². The molecule has 1 atom stereocenters. The second-order valence-electron chi connectivity index (χ2n) is 15.8. The lowest BCUT2D eigenvalue weighted by atomic mass is 10.0. The largest absolute Gasteiger partial charge is 0.462 e. The van der Waals surface area contributed by atoms with Gasteiger partial charge in [-0.3, -0.25) is 14.4 Å². The van der Waals surface area contributed by atoms with Crippen LogP contribution in [0.15, 0.2) is 0 Å². The molecular weight excluding hydrogens is 636 g/mol. The van der Waals surface area contributed by atoms with Crippen molar-refractivity contribution in [3.05, 3.63) is 0 Å². The maximum atomic E-state index is 12.6. The van der Waals surface area contributed by atoms with Gasteiger partial charge in [0.15, 0.2) is 6.10 Å². The normalized spacial score (nSPS) is 11.9. The summed E-state index contributed by atoms with van der Waals surface area (Å²) in [6.07, 6.45) is 38.1. The molecule has 0 saturated heterocycles. The van der Waals surface area contributed by atoms with Gasteiger partial charge >= 0.3 is 17.9 Å². The van der Waals surface area contributed by atoms with Gasteiger partial charge < -0.3 is 14.2 Å². The predicted octanol–water partition coefficient (Wildman–Crippen LogP) is 13.9. The number of unbranched alkanes of at least 4 members (excludes halogenated alkanes) is 27. The summed E-state index contributed by atoms with van der Waals surface area (Å²) in [4.78, 5) is 37.6. The molecule has 0 spiro atoms. The van der Waals surface area contributed by atoms with Crippen LogP contribution in [0.4, 0.5) is 0 Å². The third-order valence-corrected chi connectivity index (χ3v) is 10.0. The third kappa shape index (κ3) is 39.5. The fourth-order valence-corrected chi connectivity index (χ4v) is 6.63. The summed E-state index contributed by atoms with van der Waals surface area (Å²) >= 11 is 0. The molecule has 0 heterocycles. The number of esters is 3. The first kappa shape index (κ1) is 49.4. The first-order valence-corrected chi connectivity index (χ1v) is 22.4. The molecule has 0 aromatic carbocycles. The van der Waals surface area contributed by atoms with Crippen LogP contribution >= 0.6 is 0 Å². The Morgan fingerprint density at radius 3 is 0.961 bits per heavy atom. The summed E-state index contributed by atoms with van der Waals surface area (Å²) in [6.45, 7) is 8.91. The monoisotopic (exact) mass is 723 g/mol. The SMILES string of the molecule is CCCCCCCCCCCCCCCCC(=O)OC[C@@H](COC(=O)CCCCCCCCCCCC)OC(=O)CCCCCCCCC(C)C. The summed E-state index contributed by atoms with van der Waals surface area (Å²) in [5, 5.41) is 0. The van der Waals surface area contributed by atoms with Crippen LogP contribution in [0.5, 0.6) is 0 Å². The molecule has 0 N–H and O–H groups in total. The van der Waals surface area contributed by atoms with Gasteiger partial charge in [-0.1, -0.05) is 207 Å². The molecule has 0 fully saturated rings. The van der Waals surface area contributed by atoms with Gasteiger partial charge in [0.1, 0.15) is 13.2 Å². The number of carbonyl (C=O) groups is 3. The van der Waals surface area contributed by atoms with Crippen molar-refractivity contribution in [3.63, 3.8) is 0 Å². The van der Waals surface area contributed by atoms with Crippen molar-refractivity contribution in [1.82, 2.24) is 0 Å². The zero-order valence-electron chi connectivity index (χ0n) is 34.6. The van der Waals surface area contributed by atoms with Crippen molar-refractivity contribution in [1.29, 1.82) is 0 Å². The molecule has 0 saturated carbocycles. The number of ether oxygens (including phenoxy) is 3. The quantitative estimate of drug-likeness (QED) is 0.0356. The van der Waals surface area contributed by atoms with Gasteiger partial charge in [-0.25, -0.2) is 0 Å². The summed E-state index contributed by atoms with van der Waals surface area (Å²) in [7, 11) is 0. The molecular formula is C45H86O6. The average molecular weight is 723 g/mol. The minimum atomic E-state index is -0.759. The van der Waals surface area contributed by atoms with Crippen LogP contribution in [0.2, 0.25) is 0 Å². The Hall–Kier alpha value is -1.59. The van der Waals surface area contributed by atoms with Gasteiger partial charge in [0.05, 0.1) is 0 Å². The molecule has 302 valence electrons. The van der Waals surface area contributed by atoms with Crippen molar-refractivity contribution in [2.24, 2.45) is 5.92 Å². The molecule has 6 nitrogen and oxygen atoms in total. The molecule has 51 heavy (non-hydrogen) atoms. The summed E-state index contributed by atoms with van der Waals surface area (Å²) < 4.78 is 16.7. The second kappa shape index (κ2) is 39.6. The second-order valence-corrected chi connectivity index (χ2v) is 15.8. The minimum absolute atomic E-state index is 0.0649. The Morgan fingerprint density at radius 1 is 0.373 bits per heavy atom. The van der Waals surface area contributed by atoms with Crippen LogP contribution in [-0.2, 0) is 28.6 Å². The highest BCUT2D eigenvalue weighted by molar-refractivity contribution is 5.71. The lowest BCUT2D eigenvalue weighted by molar-refractivity contribution is -0.167. The molecule has 6 heteroatoms. The standard InChI is InChI=1S/C45H86O6/c1-5-7-9-11-13-15-17-18-19-20-22-24-29-33-37-44(47)50-40-42(51-45(48)38-34-30-26-25-27-31-35-41(3)4)39-49-43(46)36-32-28-23-21-16-14-12-10-8-6-2/h41-42H,5-40H2,1-4H3/t42-/m1/s1. The Labute approximate surface area is 317 Å². The highest BCUT2D eigenvalue weighted by Crippen LogP contribution is 2.16. The van der Waals surface area contributed by atoms with E-state index in [-0.39, 0.29) is 31.1 Å². The number of carbonyl (C=O) groups excluding carboxylic acids is 3. The van der Waals surface area contributed by atoms with E-state index in [4.69, 9.17) is 14.2 Å². The van der Waals surface area contributed by atoms with Gasteiger partial charge in [-0.2, -0.15) is 0 Å². The first-order valence-electron chi connectivity index (χ1n) is 22.4. The topological polar surface area (TPSA) is 78.9 Å². The van der Waals surface area contributed by atoms with Gasteiger partial charge in [-0.05, 0) is 25.2 Å². The van der Waals surface area contributed by atoms with Crippen LogP contribution < -0.4 is 0 Å². The first-order chi connectivity index (χ1) is 24.9. The molecule has 0 aromatic rings. The lowest BCUT2D eigenvalue weighted by Gasteiger charge is -2.18. The Morgan fingerprint density at radius 2 is 0.647 bits per heavy atom. The summed E-state index contributed by atoms with van der Waals surface area (Å²) in [5.41, 5.74) is 0. The van der Waals surface area contributed by atoms with E-state index in [1.165, 1.54) is 141 Å². The van der Waals surface area contributed by atoms with Crippen molar-refractivity contribution < 1.29 is 28.6 Å². The Kier molecular flexibility index (Phi) is 38.4. The molecule has 0 aliphatic carbocycles. The van der Waals surface area contributed by atoms with E-state index < -0.39 is 6.10 Å². The zero-order chi connectivity index (χ0) is 37.5. The number of hydrogen-bond acceptors (Lipinski definition) is 6. The van der Waals surface area contributed by atoms with Crippen LogP contribution in [-0.4, -0.2) is 37.2 Å². The van der Waals surface area contributed by atoms with E-state index in [0.717, 1.165) is 63.7 Å². The van der Waals surface area contributed by atoms with E-state index in [1.54, 1.807) is 0 Å². The molecule has 0 unspecified atom stereocenters. The van der Waals surface area contributed by atoms with E-state index in [9.17, 15) is 14.4 Å². The molecule has 0 amide bonds. The molecule has 0 radical (unpaired) electrons. The van der Waals surface area contributed by atoms with Gasteiger partial charge in [0, 0.05) is 19.3 Å². The van der Waals surface area contributed by atoms with Crippen molar-refractivity contribution in [2.75, 3.05) is 13.2 Å². The molecule has 0 rings (SSSR count). The van der Waals surface area contributed by atoms with Crippen molar-refractivity contribution in [2.45, 2.75) is 252 Å². The maximum absolute atomic E-state index is 12.6. The molecule has 0 aliphatic heterocycles. The third-order valence-electron chi connectivity index (χ3n) is 10.0. The Balaban J connectivity index is 4.29. The van der Waals surface area contributed by atoms with Gasteiger partial charge in [0.2, 0.25) is 0 Å². The fourth-order valence-electron chi connectivity index (χ4n) is 6.63. The zero-order valence-corrected chi connectivity index (χ0v) is 34.6. The van der Waals surface area contributed by atoms with Crippen molar-refractivity contribution >= 4 is 17.9 Å². The number of rotatable bonds is 40. The van der Waals surface area contributed by atoms with E-state index >= 15 is 0 Å². The van der Waals surface area contributed by atoms with Crippen molar-refractivity contribution in [3.8, 4) is 0 Å². The predicted molar refractivity (Wildman–Crippen MR) is 215 cm³/mol. The van der Waals surface area contributed by atoms with Crippen LogP contribution in [0, 0.1) is 5.92 Å². The highest BCUT2D eigenvalue weighted by atomic mass is 16.6. The highest BCUT2D eigenvalue weighted by Gasteiger charge is 2.19. The molecule has 0 bridgehead atoms. The van der Waals surface area contributed by atoms with Crippen LogP contribution in [0.1, 0.15) is 246 Å². The minimum Gasteiger partial charge on any atom is -0.462 e. The van der Waals surface area contributed by atoms with Crippen LogP contribution in [0.25, 0.3) is 0 Å². The maximum Gasteiger partial charge on any atom is 0.306 e. The van der Waals surface area contributed by atoms with Gasteiger partial charge in [-0.15, -0.1) is 0 Å². The smallest absolute Gasteiger partial charge is 0.306 e. The fraction of sp³-hybridized carbons (Fsp3) is 0.933. The van der Waals surface area contributed by atoms with Gasteiger partial charge in [0.25, 0.3) is 0 Å². The summed E-state index contributed by atoms with van der Waals surface area (Å²) in [5.74, 6) is -0.102. The molecule has 0 aromatic heterocycles. The van der Waals surface area contributed by atoms with Crippen LogP contribution in [0.3, 0.4) is 0 Å². The van der Waals surface area contributed by atoms with E-state index in [1.807, 2.05) is 0 Å².